The molecule has 34 heavy (non-hydrogen) atoms. The van der Waals surface area contributed by atoms with E-state index >= 15 is 0 Å². The molecule has 4 rings (SSSR count). The van der Waals surface area contributed by atoms with Crippen molar-refractivity contribution < 1.29 is 19.0 Å². The zero-order valence-corrected chi connectivity index (χ0v) is 20.1. The Morgan fingerprint density at radius 3 is 2.44 bits per heavy atom. The maximum atomic E-state index is 13.1. The summed E-state index contributed by atoms with van der Waals surface area (Å²) in [6.07, 6.45) is 1.78. The van der Waals surface area contributed by atoms with Gasteiger partial charge in [0.2, 0.25) is 0 Å². The van der Waals surface area contributed by atoms with Crippen molar-refractivity contribution in [3.63, 3.8) is 0 Å². The molecule has 3 aromatic rings. The Morgan fingerprint density at radius 2 is 1.74 bits per heavy atom. The molecule has 3 aromatic carbocycles. The van der Waals surface area contributed by atoms with E-state index in [1.807, 2.05) is 80.6 Å². The number of carbonyl (C=O) groups excluding carboxylic acids is 1. The van der Waals surface area contributed by atoms with E-state index in [2.05, 4.69) is 5.32 Å². The number of thiocarbonyl (C=S) groups is 1. The Bertz CT molecular complexity index is 1250. The molecule has 174 valence electrons. The van der Waals surface area contributed by atoms with Gasteiger partial charge in [0.15, 0.2) is 16.6 Å². The standard InChI is InChI=1S/C27H26N2O4S/c1-4-32-24-10-5-6-11-25(24)33-17-20-15-19(12-13-23(20)31-3)16-22-26(30)29(27(34)28-22)21-9-7-8-18(2)14-21/h5-16H,4,17H2,1-3H3,(H,28,34)/b22-16+. The Balaban J connectivity index is 1.57. The van der Waals surface area contributed by atoms with E-state index in [9.17, 15) is 4.79 Å². The number of hydrogen-bond acceptors (Lipinski definition) is 5. The topological polar surface area (TPSA) is 60.0 Å². The van der Waals surface area contributed by atoms with Crippen LogP contribution in [0.3, 0.4) is 0 Å². The number of ether oxygens (including phenoxy) is 3. The minimum absolute atomic E-state index is 0.199. The van der Waals surface area contributed by atoms with Crippen LogP contribution in [0, 0.1) is 6.92 Å². The number of amides is 1. The first-order chi connectivity index (χ1) is 16.5. The third-order valence-corrected chi connectivity index (χ3v) is 5.57. The fraction of sp³-hybridized carbons (Fsp3) is 0.185. The minimum atomic E-state index is -0.199. The van der Waals surface area contributed by atoms with Crippen LogP contribution in [-0.2, 0) is 11.4 Å². The molecule has 0 spiro atoms. The summed E-state index contributed by atoms with van der Waals surface area (Å²) in [6.45, 7) is 4.74. The van der Waals surface area contributed by atoms with Gasteiger partial charge in [-0.05, 0) is 79.7 Å². The SMILES string of the molecule is CCOc1ccccc1OCc1cc(/C=C2/NC(=S)N(c3cccc(C)c3)C2=O)ccc1OC. The fourth-order valence-corrected chi connectivity index (χ4v) is 4.00. The van der Waals surface area contributed by atoms with E-state index < -0.39 is 0 Å². The van der Waals surface area contributed by atoms with E-state index in [4.69, 9.17) is 26.4 Å². The van der Waals surface area contributed by atoms with Gasteiger partial charge in [-0.2, -0.15) is 0 Å². The van der Waals surface area contributed by atoms with Gasteiger partial charge in [-0.1, -0.05) is 30.3 Å². The molecule has 1 amide bonds. The summed E-state index contributed by atoms with van der Waals surface area (Å²) in [5.74, 6) is 1.84. The first kappa shape index (κ1) is 23.3. The highest BCUT2D eigenvalue weighted by Crippen LogP contribution is 2.30. The lowest BCUT2D eigenvalue weighted by molar-refractivity contribution is -0.113. The third kappa shape index (κ3) is 5.05. The molecule has 0 atom stereocenters. The normalized spacial score (nSPS) is 14.3. The van der Waals surface area contributed by atoms with Crippen LogP contribution in [-0.4, -0.2) is 24.7 Å². The van der Waals surface area contributed by atoms with Crippen molar-refractivity contribution in [2.24, 2.45) is 0 Å². The highest BCUT2D eigenvalue weighted by atomic mass is 32.1. The Hall–Kier alpha value is -3.84. The number of carbonyl (C=O) groups is 1. The molecule has 1 heterocycles. The van der Waals surface area contributed by atoms with Crippen LogP contribution in [0.15, 0.2) is 72.4 Å². The summed E-state index contributed by atoms with van der Waals surface area (Å²) < 4.78 is 17.2. The van der Waals surface area contributed by atoms with Crippen LogP contribution in [0.4, 0.5) is 5.69 Å². The average Bonchev–Trinajstić information content (AvgIpc) is 3.11. The van der Waals surface area contributed by atoms with Crippen LogP contribution >= 0.6 is 12.2 Å². The lowest BCUT2D eigenvalue weighted by Crippen LogP contribution is -2.30. The lowest BCUT2D eigenvalue weighted by atomic mass is 10.1. The van der Waals surface area contributed by atoms with Crippen LogP contribution < -0.4 is 24.4 Å². The lowest BCUT2D eigenvalue weighted by Gasteiger charge is -2.14. The molecule has 0 aromatic heterocycles. The van der Waals surface area contributed by atoms with E-state index in [1.54, 1.807) is 13.2 Å². The summed E-state index contributed by atoms with van der Waals surface area (Å²) in [5.41, 5.74) is 3.86. The summed E-state index contributed by atoms with van der Waals surface area (Å²) in [5, 5.41) is 3.39. The molecule has 0 saturated carbocycles. The van der Waals surface area contributed by atoms with Crippen molar-refractivity contribution in [3.8, 4) is 17.2 Å². The maximum absolute atomic E-state index is 13.1. The summed E-state index contributed by atoms with van der Waals surface area (Å²) in [7, 11) is 1.62. The number of benzene rings is 3. The van der Waals surface area contributed by atoms with Crippen LogP contribution in [0.25, 0.3) is 6.08 Å². The molecule has 0 radical (unpaired) electrons. The van der Waals surface area contributed by atoms with Gasteiger partial charge in [-0.3, -0.25) is 9.69 Å². The number of anilines is 1. The first-order valence-electron chi connectivity index (χ1n) is 11.0. The van der Waals surface area contributed by atoms with E-state index in [-0.39, 0.29) is 12.5 Å². The zero-order chi connectivity index (χ0) is 24.1. The second kappa shape index (κ2) is 10.4. The van der Waals surface area contributed by atoms with Crippen molar-refractivity contribution >= 4 is 35.0 Å². The number of nitrogens with one attached hydrogen (secondary N) is 1. The van der Waals surface area contributed by atoms with Gasteiger partial charge in [0.05, 0.1) is 19.4 Å². The van der Waals surface area contributed by atoms with Crippen LogP contribution in [0.5, 0.6) is 17.2 Å². The summed E-state index contributed by atoms with van der Waals surface area (Å²) >= 11 is 5.43. The maximum Gasteiger partial charge on any atom is 0.281 e. The van der Waals surface area contributed by atoms with Gasteiger partial charge >= 0.3 is 0 Å². The van der Waals surface area contributed by atoms with Crippen molar-refractivity contribution in [1.82, 2.24) is 5.32 Å². The van der Waals surface area contributed by atoms with Crippen molar-refractivity contribution in [2.45, 2.75) is 20.5 Å². The first-order valence-corrected chi connectivity index (χ1v) is 11.4. The van der Waals surface area contributed by atoms with E-state index in [1.165, 1.54) is 4.90 Å². The zero-order valence-electron chi connectivity index (χ0n) is 19.3. The van der Waals surface area contributed by atoms with Gasteiger partial charge in [-0.15, -0.1) is 0 Å². The second-order valence-corrected chi connectivity index (χ2v) is 8.09. The largest absolute Gasteiger partial charge is 0.496 e. The molecule has 1 saturated heterocycles. The van der Waals surface area contributed by atoms with Crippen LogP contribution in [0.2, 0.25) is 0 Å². The average molecular weight is 475 g/mol. The molecule has 1 N–H and O–H groups in total. The van der Waals surface area contributed by atoms with Gasteiger partial charge in [0.1, 0.15) is 18.1 Å². The van der Waals surface area contributed by atoms with Gasteiger partial charge in [0.25, 0.3) is 5.91 Å². The van der Waals surface area contributed by atoms with Crippen molar-refractivity contribution in [3.05, 3.63) is 89.1 Å². The van der Waals surface area contributed by atoms with Crippen LogP contribution in [0.1, 0.15) is 23.6 Å². The van der Waals surface area contributed by atoms with Gasteiger partial charge in [-0.25, -0.2) is 0 Å². The molecule has 0 bridgehead atoms. The Kier molecular flexibility index (Phi) is 7.13. The molecule has 6 nitrogen and oxygen atoms in total. The van der Waals surface area contributed by atoms with E-state index in [0.717, 1.165) is 22.4 Å². The fourth-order valence-electron chi connectivity index (χ4n) is 3.70. The molecular weight excluding hydrogens is 448 g/mol. The highest BCUT2D eigenvalue weighted by molar-refractivity contribution is 7.80. The predicted octanol–water partition coefficient (Wildman–Crippen LogP) is 5.24. The molecular formula is C27H26N2O4S. The van der Waals surface area contributed by atoms with E-state index in [0.29, 0.717) is 34.7 Å². The smallest absolute Gasteiger partial charge is 0.281 e. The number of rotatable bonds is 8. The molecule has 1 aliphatic heterocycles. The quantitative estimate of drug-likeness (QED) is 0.356. The van der Waals surface area contributed by atoms with Crippen molar-refractivity contribution in [1.29, 1.82) is 0 Å². The minimum Gasteiger partial charge on any atom is -0.496 e. The van der Waals surface area contributed by atoms with Gasteiger partial charge in [0, 0.05) is 5.56 Å². The number of aryl methyl sites for hydroxylation is 1. The molecule has 7 heteroatoms. The predicted molar refractivity (Wildman–Crippen MR) is 137 cm³/mol. The highest BCUT2D eigenvalue weighted by Gasteiger charge is 2.32. The number of nitrogens with zero attached hydrogens (tertiary/aromatic N) is 1. The number of para-hydroxylation sites is 2. The molecule has 1 aliphatic rings. The Labute approximate surface area is 204 Å². The summed E-state index contributed by atoms with van der Waals surface area (Å²) in [6, 6.07) is 20.9. The summed E-state index contributed by atoms with van der Waals surface area (Å²) in [4.78, 5) is 14.6. The monoisotopic (exact) mass is 474 g/mol. The third-order valence-electron chi connectivity index (χ3n) is 5.29. The molecule has 0 unspecified atom stereocenters. The number of hydrogen-bond donors (Lipinski definition) is 1. The number of methoxy groups -OCH3 is 1. The van der Waals surface area contributed by atoms with Crippen molar-refractivity contribution in [2.75, 3.05) is 18.6 Å². The Morgan fingerprint density at radius 1 is 0.971 bits per heavy atom. The molecule has 0 aliphatic carbocycles. The second-order valence-electron chi connectivity index (χ2n) is 7.71. The molecule has 1 fully saturated rings. The van der Waals surface area contributed by atoms with Gasteiger partial charge < -0.3 is 19.5 Å².